The van der Waals surface area contributed by atoms with Gasteiger partial charge in [0.25, 0.3) is 0 Å². The predicted molar refractivity (Wildman–Crippen MR) is 129 cm³/mol. The van der Waals surface area contributed by atoms with Crippen molar-refractivity contribution < 1.29 is 8.98 Å². The van der Waals surface area contributed by atoms with Gasteiger partial charge in [0.2, 0.25) is 0 Å². The van der Waals surface area contributed by atoms with E-state index in [1.54, 1.807) is 4.44 Å². The van der Waals surface area contributed by atoms with Crippen molar-refractivity contribution in [1.82, 2.24) is 0 Å². The summed E-state index contributed by atoms with van der Waals surface area (Å²) < 4.78 is 11.8. The van der Waals surface area contributed by atoms with Crippen LogP contribution in [0.2, 0.25) is 0 Å². The standard InChI is InChI=1S/C28H23N2OSe/c1-17-10-12-20-21-13-11-19(16-29)26(24-15-18-7-3-4-9-23(18)32-24)28(21)31-27(20)25(17)22-8-5-6-14-30(22)2/h5-6,8,10-15H,3-4,7,9H2,1-2H3/q+1. The number of rotatable bonds is 2. The third kappa shape index (κ3) is 2.89. The summed E-state index contributed by atoms with van der Waals surface area (Å²) in [5.74, 6) is 0. The Hall–Kier alpha value is -3.12. The molecular weight excluding hydrogens is 459 g/mol. The zero-order valence-corrected chi connectivity index (χ0v) is 19.9. The summed E-state index contributed by atoms with van der Waals surface area (Å²) in [6.45, 7) is 2.14. The Morgan fingerprint density at radius 3 is 2.53 bits per heavy atom. The van der Waals surface area contributed by atoms with E-state index >= 15 is 0 Å². The molecule has 3 aromatic heterocycles. The first-order chi connectivity index (χ1) is 15.7. The second-order valence-electron chi connectivity index (χ2n) is 8.68. The zero-order valence-electron chi connectivity index (χ0n) is 18.2. The summed E-state index contributed by atoms with van der Waals surface area (Å²) in [5.41, 5.74) is 8.43. The number of hydrogen-bond donors (Lipinski definition) is 0. The average Bonchev–Trinajstić information content (AvgIpc) is 3.40. The quantitative estimate of drug-likeness (QED) is 0.234. The van der Waals surface area contributed by atoms with Gasteiger partial charge in [-0.15, -0.1) is 0 Å². The molecule has 2 aromatic carbocycles. The summed E-state index contributed by atoms with van der Waals surface area (Å²) in [5, 5.41) is 12.2. The molecule has 5 aromatic rings. The van der Waals surface area contributed by atoms with Crippen molar-refractivity contribution in [2.45, 2.75) is 32.6 Å². The van der Waals surface area contributed by atoms with Gasteiger partial charge in [-0.25, -0.2) is 0 Å². The van der Waals surface area contributed by atoms with Crippen LogP contribution in [0.5, 0.6) is 0 Å². The summed E-state index contributed by atoms with van der Waals surface area (Å²) in [7, 11) is 2.07. The van der Waals surface area contributed by atoms with Crippen LogP contribution >= 0.6 is 0 Å². The van der Waals surface area contributed by atoms with E-state index in [0.29, 0.717) is 5.56 Å². The van der Waals surface area contributed by atoms with Crippen LogP contribution in [0, 0.1) is 18.3 Å². The van der Waals surface area contributed by atoms with Crippen LogP contribution < -0.4 is 4.57 Å². The Labute approximate surface area is 193 Å². The SMILES string of the molecule is Cc1ccc2c(oc3c(-c4cc5c([se]4)CCCC5)c(C#N)ccc32)c1-c1cccc[n+]1C. The van der Waals surface area contributed by atoms with E-state index in [1.165, 1.54) is 41.2 Å². The summed E-state index contributed by atoms with van der Waals surface area (Å²) >= 11 is 0.277. The number of furan rings is 1. The van der Waals surface area contributed by atoms with Gasteiger partial charge in [-0.1, -0.05) is 0 Å². The molecule has 0 fully saturated rings. The van der Waals surface area contributed by atoms with E-state index in [1.807, 2.05) is 12.1 Å². The van der Waals surface area contributed by atoms with Crippen molar-refractivity contribution >= 4 is 36.4 Å². The van der Waals surface area contributed by atoms with Gasteiger partial charge in [0.05, 0.1) is 0 Å². The zero-order chi connectivity index (χ0) is 21.8. The monoisotopic (exact) mass is 483 g/mol. The number of nitriles is 1. The summed E-state index contributed by atoms with van der Waals surface area (Å²) in [6, 6.07) is 19.4. The molecule has 0 spiro atoms. The Bertz CT molecular complexity index is 1540. The van der Waals surface area contributed by atoms with Crippen molar-refractivity contribution in [1.29, 1.82) is 5.26 Å². The van der Waals surface area contributed by atoms with Crippen LogP contribution in [0.15, 0.2) is 59.1 Å². The van der Waals surface area contributed by atoms with Gasteiger partial charge in [0.1, 0.15) is 0 Å². The topological polar surface area (TPSA) is 40.8 Å². The second kappa shape index (κ2) is 7.48. The maximum absolute atomic E-state index is 9.96. The normalized spacial score (nSPS) is 13.4. The average molecular weight is 482 g/mol. The van der Waals surface area contributed by atoms with E-state index in [4.69, 9.17) is 4.42 Å². The van der Waals surface area contributed by atoms with Gasteiger partial charge in [-0.2, -0.15) is 0 Å². The van der Waals surface area contributed by atoms with Gasteiger partial charge in [0.15, 0.2) is 0 Å². The maximum atomic E-state index is 9.96. The Balaban J connectivity index is 1.69. The van der Waals surface area contributed by atoms with Crippen molar-refractivity contribution in [2.75, 3.05) is 0 Å². The van der Waals surface area contributed by atoms with E-state index in [-0.39, 0.29) is 14.5 Å². The molecule has 4 heteroatoms. The summed E-state index contributed by atoms with van der Waals surface area (Å²) in [4.78, 5) is 0. The molecule has 0 saturated carbocycles. The second-order valence-corrected chi connectivity index (χ2v) is 11.1. The van der Waals surface area contributed by atoms with E-state index in [2.05, 4.69) is 67.2 Å². The first-order valence-corrected chi connectivity index (χ1v) is 12.8. The minimum absolute atomic E-state index is 0.277. The number of hydrogen-bond acceptors (Lipinski definition) is 2. The van der Waals surface area contributed by atoms with Gasteiger partial charge in [0, 0.05) is 0 Å². The fourth-order valence-electron chi connectivity index (χ4n) is 5.06. The van der Waals surface area contributed by atoms with Crippen LogP contribution in [-0.4, -0.2) is 14.5 Å². The molecule has 156 valence electrons. The number of aromatic nitrogens is 1. The van der Waals surface area contributed by atoms with Crippen molar-refractivity contribution in [3.8, 4) is 27.3 Å². The Morgan fingerprint density at radius 1 is 0.969 bits per heavy atom. The number of fused-ring (bicyclic) bond motifs is 4. The molecule has 0 bridgehead atoms. The third-order valence-corrected chi connectivity index (χ3v) is 9.32. The number of benzene rings is 2. The minimum atomic E-state index is 0.277. The molecule has 32 heavy (non-hydrogen) atoms. The number of pyridine rings is 1. The first-order valence-electron chi connectivity index (χ1n) is 11.1. The molecule has 0 aliphatic heterocycles. The molecule has 3 heterocycles. The van der Waals surface area contributed by atoms with Gasteiger partial charge in [-0.3, -0.25) is 0 Å². The molecule has 0 N–H and O–H groups in total. The predicted octanol–water partition coefficient (Wildman–Crippen LogP) is 5.86. The molecule has 0 saturated heterocycles. The first kappa shape index (κ1) is 19.6. The van der Waals surface area contributed by atoms with Crippen molar-refractivity contribution in [3.05, 3.63) is 75.9 Å². The van der Waals surface area contributed by atoms with E-state index in [0.717, 1.165) is 38.8 Å². The molecule has 3 nitrogen and oxygen atoms in total. The molecular formula is C28H23N2OSe+. The molecule has 1 aliphatic rings. The van der Waals surface area contributed by atoms with Crippen LogP contribution in [-0.2, 0) is 19.9 Å². The summed E-state index contributed by atoms with van der Waals surface area (Å²) in [6.07, 6.45) is 7.01. The van der Waals surface area contributed by atoms with E-state index < -0.39 is 0 Å². The van der Waals surface area contributed by atoms with Crippen molar-refractivity contribution in [3.63, 3.8) is 0 Å². The van der Waals surface area contributed by atoms with Crippen LogP contribution in [0.1, 0.15) is 34.0 Å². The van der Waals surface area contributed by atoms with Gasteiger partial charge >= 0.3 is 194 Å². The Kier molecular flexibility index (Phi) is 4.57. The molecule has 6 rings (SSSR count). The van der Waals surface area contributed by atoms with Crippen molar-refractivity contribution in [2.24, 2.45) is 7.05 Å². The van der Waals surface area contributed by atoms with E-state index in [9.17, 15) is 5.26 Å². The molecule has 0 radical (unpaired) electrons. The van der Waals surface area contributed by atoms with Crippen LogP contribution in [0.4, 0.5) is 0 Å². The van der Waals surface area contributed by atoms with Crippen LogP contribution in [0.3, 0.4) is 0 Å². The van der Waals surface area contributed by atoms with Gasteiger partial charge < -0.3 is 0 Å². The third-order valence-electron chi connectivity index (χ3n) is 6.69. The number of aryl methyl sites for hydroxylation is 4. The fourth-order valence-corrected chi connectivity index (χ4v) is 7.80. The van der Waals surface area contributed by atoms with Crippen LogP contribution in [0.25, 0.3) is 43.2 Å². The molecule has 0 amide bonds. The fraction of sp³-hybridized carbons (Fsp3) is 0.214. The molecule has 0 atom stereocenters. The molecule has 0 unspecified atom stereocenters. The number of nitrogens with zero attached hydrogens (tertiary/aromatic N) is 2. The molecule has 1 aliphatic carbocycles. The Morgan fingerprint density at radius 2 is 1.75 bits per heavy atom. The van der Waals surface area contributed by atoms with Gasteiger partial charge in [-0.05, 0) is 0 Å².